The fraction of sp³-hybridized carbons (Fsp3) is 0.667. The normalized spacial score (nSPS) is 34.0. The van der Waals surface area contributed by atoms with Crippen LogP contribution in [0.15, 0.2) is 6.07 Å². The van der Waals surface area contributed by atoms with E-state index in [0.29, 0.717) is 6.04 Å². The monoisotopic (exact) mass is 257 g/mol. The van der Waals surface area contributed by atoms with E-state index in [4.69, 9.17) is 16.3 Å². The van der Waals surface area contributed by atoms with Gasteiger partial charge >= 0.3 is 0 Å². The summed E-state index contributed by atoms with van der Waals surface area (Å²) in [5.41, 5.74) is 1.31. The van der Waals surface area contributed by atoms with Crippen LogP contribution in [0.25, 0.3) is 0 Å². The van der Waals surface area contributed by atoms with Gasteiger partial charge in [0.2, 0.25) is 0 Å². The molecule has 1 spiro atoms. The maximum Gasteiger partial charge on any atom is 0.0969 e. The molecule has 88 valence electrons. The number of ether oxygens (including phenoxy) is 1. The van der Waals surface area contributed by atoms with Crippen molar-refractivity contribution >= 4 is 22.9 Å². The van der Waals surface area contributed by atoms with E-state index in [9.17, 15) is 0 Å². The highest BCUT2D eigenvalue weighted by molar-refractivity contribution is 7.16. The molecule has 1 fully saturated rings. The maximum absolute atomic E-state index is 6.14. The molecule has 3 rings (SSSR count). The van der Waals surface area contributed by atoms with Gasteiger partial charge in [-0.2, -0.15) is 0 Å². The van der Waals surface area contributed by atoms with Gasteiger partial charge in [0.25, 0.3) is 0 Å². The molecule has 2 unspecified atom stereocenters. The fourth-order valence-electron chi connectivity index (χ4n) is 2.95. The Kier molecular flexibility index (Phi) is 2.75. The van der Waals surface area contributed by atoms with Crippen LogP contribution in [0, 0.1) is 0 Å². The van der Waals surface area contributed by atoms with Crippen LogP contribution in [0.2, 0.25) is 4.34 Å². The largest absolute Gasteiger partial charge is 0.370 e. The Morgan fingerprint density at radius 1 is 1.62 bits per heavy atom. The van der Waals surface area contributed by atoms with E-state index < -0.39 is 0 Å². The Morgan fingerprint density at radius 3 is 3.31 bits per heavy atom. The number of halogens is 1. The van der Waals surface area contributed by atoms with Gasteiger partial charge < -0.3 is 10.1 Å². The first-order chi connectivity index (χ1) is 7.70. The average Bonchev–Trinajstić information content (AvgIpc) is 2.60. The third kappa shape index (κ3) is 1.70. The van der Waals surface area contributed by atoms with E-state index in [-0.39, 0.29) is 5.60 Å². The molecule has 2 atom stereocenters. The minimum absolute atomic E-state index is 0.0537. The number of fused-ring (bicyclic) bond motifs is 2. The molecule has 2 aliphatic heterocycles. The third-order valence-corrected chi connectivity index (χ3v) is 4.96. The van der Waals surface area contributed by atoms with E-state index in [0.717, 1.165) is 36.8 Å². The molecule has 4 heteroatoms. The second-order valence-corrected chi connectivity index (χ2v) is 6.56. The van der Waals surface area contributed by atoms with Crippen LogP contribution in [0.4, 0.5) is 0 Å². The van der Waals surface area contributed by atoms with Crippen LogP contribution in [-0.4, -0.2) is 19.2 Å². The highest BCUT2D eigenvalue weighted by atomic mass is 35.5. The van der Waals surface area contributed by atoms with Gasteiger partial charge in [0.1, 0.15) is 0 Å². The van der Waals surface area contributed by atoms with Crippen molar-refractivity contribution in [3.8, 4) is 0 Å². The van der Waals surface area contributed by atoms with Crippen molar-refractivity contribution < 1.29 is 4.74 Å². The lowest BCUT2D eigenvalue weighted by molar-refractivity contribution is -0.0869. The molecule has 0 aromatic carbocycles. The van der Waals surface area contributed by atoms with Crippen LogP contribution in [0.5, 0.6) is 0 Å². The minimum atomic E-state index is -0.0537. The third-order valence-electron chi connectivity index (χ3n) is 3.63. The molecular weight excluding hydrogens is 242 g/mol. The van der Waals surface area contributed by atoms with Gasteiger partial charge in [-0.15, -0.1) is 11.3 Å². The lowest BCUT2D eigenvalue weighted by Crippen LogP contribution is -2.48. The molecule has 3 heterocycles. The summed E-state index contributed by atoms with van der Waals surface area (Å²) in [7, 11) is 0. The number of hydrogen-bond donors (Lipinski definition) is 1. The molecule has 0 amide bonds. The zero-order valence-corrected chi connectivity index (χ0v) is 11.0. The summed E-state index contributed by atoms with van der Waals surface area (Å²) in [5, 5.41) is 3.48. The number of nitrogens with one attached hydrogen (secondary N) is 1. The number of thiophene rings is 1. The van der Waals surface area contributed by atoms with Gasteiger partial charge in [-0.25, -0.2) is 0 Å². The quantitative estimate of drug-likeness (QED) is 0.772. The van der Waals surface area contributed by atoms with Crippen LogP contribution >= 0.6 is 22.9 Å². The van der Waals surface area contributed by atoms with Crippen LogP contribution in [-0.2, 0) is 16.8 Å². The van der Waals surface area contributed by atoms with Gasteiger partial charge in [-0.05, 0) is 37.9 Å². The summed E-state index contributed by atoms with van der Waals surface area (Å²) < 4.78 is 7.03. The smallest absolute Gasteiger partial charge is 0.0969 e. The predicted molar refractivity (Wildman–Crippen MR) is 67.4 cm³/mol. The lowest BCUT2D eigenvalue weighted by atomic mass is 9.80. The molecule has 1 aromatic rings. The van der Waals surface area contributed by atoms with Crippen molar-refractivity contribution in [2.75, 3.05) is 13.2 Å². The van der Waals surface area contributed by atoms with E-state index in [1.54, 1.807) is 11.3 Å². The Morgan fingerprint density at radius 2 is 2.50 bits per heavy atom. The molecule has 1 N–H and O–H groups in total. The van der Waals surface area contributed by atoms with Crippen molar-refractivity contribution in [2.24, 2.45) is 0 Å². The highest BCUT2D eigenvalue weighted by Crippen LogP contribution is 2.45. The number of piperidine rings is 1. The second-order valence-electron chi connectivity index (χ2n) is 4.79. The van der Waals surface area contributed by atoms with Crippen molar-refractivity contribution in [3.05, 3.63) is 20.8 Å². The van der Waals surface area contributed by atoms with Crippen LogP contribution < -0.4 is 5.32 Å². The summed E-state index contributed by atoms with van der Waals surface area (Å²) in [4.78, 5) is 1.44. The van der Waals surface area contributed by atoms with Crippen molar-refractivity contribution in [1.82, 2.24) is 5.32 Å². The zero-order chi connectivity index (χ0) is 11.2. The summed E-state index contributed by atoms with van der Waals surface area (Å²) in [5.74, 6) is 0. The fourth-order valence-corrected chi connectivity index (χ4v) is 4.29. The Bertz CT molecular complexity index is 406. The SMILES string of the molecule is CC1CC2(CCN1)OCCc1sc(Cl)cc12. The molecule has 2 nitrogen and oxygen atoms in total. The first kappa shape index (κ1) is 11.0. The average molecular weight is 258 g/mol. The molecule has 0 aliphatic carbocycles. The molecule has 0 bridgehead atoms. The van der Waals surface area contributed by atoms with Crippen molar-refractivity contribution in [3.63, 3.8) is 0 Å². The first-order valence-corrected chi connectivity index (χ1v) is 7.05. The van der Waals surface area contributed by atoms with Gasteiger partial charge in [-0.3, -0.25) is 0 Å². The summed E-state index contributed by atoms with van der Waals surface area (Å²) in [6.07, 6.45) is 3.15. The Balaban J connectivity index is 2.02. The minimum Gasteiger partial charge on any atom is -0.370 e. The molecular formula is C12H16ClNOS. The standard InChI is InChI=1S/C12H16ClNOS/c1-8-7-12(3-4-14-8)9-6-11(13)16-10(9)2-5-15-12/h6,8,14H,2-5,7H2,1H3. The second kappa shape index (κ2) is 3.98. The van der Waals surface area contributed by atoms with Gasteiger partial charge in [-0.1, -0.05) is 11.6 Å². The van der Waals surface area contributed by atoms with Crippen LogP contribution in [0.1, 0.15) is 30.2 Å². The maximum atomic E-state index is 6.14. The van der Waals surface area contributed by atoms with Gasteiger partial charge in [0.05, 0.1) is 16.5 Å². The van der Waals surface area contributed by atoms with E-state index in [2.05, 4.69) is 18.3 Å². The summed E-state index contributed by atoms with van der Waals surface area (Å²) >= 11 is 7.86. The predicted octanol–water partition coefficient (Wildman–Crippen LogP) is 2.94. The summed E-state index contributed by atoms with van der Waals surface area (Å²) in [6, 6.07) is 2.65. The van der Waals surface area contributed by atoms with Crippen molar-refractivity contribution in [2.45, 2.75) is 37.8 Å². The van der Waals surface area contributed by atoms with Gasteiger partial charge in [0, 0.05) is 17.3 Å². The number of hydrogen-bond acceptors (Lipinski definition) is 3. The van der Waals surface area contributed by atoms with E-state index in [1.807, 2.05) is 0 Å². The van der Waals surface area contributed by atoms with E-state index >= 15 is 0 Å². The first-order valence-electron chi connectivity index (χ1n) is 5.86. The topological polar surface area (TPSA) is 21.3 Å². The number of rotatable bonds is 0. The summed E-state index contributed by atoms with van der Waals surface area (Å²) in [6.45, 7) is 4.11. The Labute approximate surface area is 105 Å². The molecule has 1 aromatic heterocycles. The van der Waals surface area contributed by atoms with Crippen molar-refractivity contribution in [1.29, 1.82) is 0 Å². The molecule has 1 saturated heterocycles. The molecule has 2 aliphatic rings. The molecule has 0 radical (unpaired) electrons. The molecule has 0 saturated carbocycles. The van der Waals surface area contributed by atoms with Crippen LogP contribution in [0.3, 0.4) is 0 Å². The van der Waals surface area contributed by atoms with Gasteiger partial charge in [0.15, 0.2) is 0 Å². The van der Waals surface area contributed by atoms with E-state index in [1.165, 1.54) is 10.4 Å². The highest BCUT2D eigenvalue weighted by Gasteiger charge is 2.42. The molecule has 16 heavy (non-hydrogen) atoms. The Hall–Kier alpha value is -0.0900. The zero-order valence-electron chi connectivity index (χ0n) is 9.38. The lowest BCUT2D eigenvalue weighted by Gasteiger charge is -2.43.